The summed E-state index contributed by atoms with van der Waals surface area (Å²) in [5.74, 6) is 0. The van der Waals surface area contributed by atoms with Crippen molar-refractivity contribution in [1.82, 2.24) is 10.3 Å². The SMILES string of the molecule is CCC(CO)NCc1ccc(Br)cn1. The van der Waals surface area contributed by atoms with Crippen molar-refractivity contribution in [3.8, 4) is 0 Å². The van der Waals surface area contributed by atoms with Crippen LogP contribution < -0.4 is 5.32 Å². The van der Waals surface area contributed by atoms with Crippen LogP contribution in [0.3, 0.4) is 0 Å². The molecule has 0 saturated heterocycles. The topological polar surface area (TPSA) is 45.1 Å². The first-order chi connectivity index (χ1) is 6.76. The van der Waals surface area contributed by atoms with Gasteiger partial charge in [0.05, 0.1) is 12.3 Å². The van der Waals surface area contributed by atoms with E-state index < -0.39 is 0 Å². The molecular weight excluding hydrogens is 244 g/mol. The molecule has 1 aromatic rings. The van der Waals surface area contributed by atoms with E-state index in [9.17, 15) is 0 Å². The van der Waals surface area contributed by atoms with Crippen LogP contribution in [0, 0.1) is 0 Å². The number of hydrogen-bond donors (Lipinski definition) is 2. The molecule has 0 aliphatic heterocycles. The Morgan fingerprint density at radius 1 is 1.57 bits per heavy atom. The third-order valence-corrected chi connectivity index (χ3v) is 2.54. The monoisotopic (exact) mass is 258 g/mol. The van der Waals surface area contributed by atoms with Crippen LogP contribution in [-0.2, 0) is 6.54 Å². The van der Waals surface area contributed by atoms with Gasteiger partial charge in [0.25, 0.3) is 0 Å². The Kier molecular flexibility index (Phi) is 5.07. The number of nitrogens with zero attached hydrogens (tertiary/aromatic N) is 1. The Bertz CT molecular complexity index is 259. The van der Waals surface area contributed by atoms with E-state index in [1.807, 2.05) is 19.1 Å². The Labute approximate surface area is 92.7 Å². The van der Waals surface area contributed by atoms with Crippen LogP contribution in [0.25, 0.3) is 0 Å². The molecule has 4 heteroatoms. The maximum absolute atomic E-state index is 8.96. The minimum atomic E-state index is 0.167. The Morgan fingerprint density at radius 2 is 2.36 bits per heavy atom. The van der Waals surface area contributed by atoms with Crippen molar-refractivity contribution in [1.29, 1.82) is 0 Å². The van der Waals surface area contributed by atoms with Crippen LogP contribution in [0.5, 0.6) is 0 Å². The van der Waals surface area contributed by atoms with Gasteiger partial charge < -0.3 is 10.4 Å². The first-order valence-electron chi connectivity index (χ1n) is 4.71. The van der Waals surface area contributed by atoms with Gasteiger partial charge in [0.15, 0.2) is 0 Å². The van der Waals surface area contributed by atoms with Gasteiger partial charge in [0.1, 0.15) is 0 Å². The molecule has 14 heavy (non-hydrogen) atoms. The molecule has 3 nitrogen and oxygen atoms in total. The standard InChI is InChI=1S/C10H15BrN2O/c1-2-9(7-14)13-6-10-4-3-8(11)5-12-10/h3-5,9,13-14H,2,6-7H2,1H3. The summed E-state index contributed by atoms with van der Waals surface area (Å²) in [5, 5.41) is 12.2. The number of aliphatic hydroxyl groups is 1. The zero-order valence-corrected chi connectivity index (χ0v) is 9.79. The van der Waals surface area contributed by atoms with Gasteiger partial charge in [-0.15, -0.1) is 0 Å². The highest BCUT2D eigenvalue weighted by molar-refractivity contribution is 9.10. The number of hydrogen-bond acceptors (Lipinski definition) is 3. The predicted octanol–water partition coefficient (Wildman–Crippen LogP) is 1.70. The van der Waals surface area contributed by atoms with Gasteiger partial charge in [-0.05, 0) is 34.5 Å². The molecule has 0 saturated carbocycles. The molecule has 1 atom stereocenters. The summed E-state index contributed by atoms with van der Waals surface area (Å²) in [6.45, 7) is 2.92. The number of halogens is 1. The summed E-state index contributed by atoms with van der Waals surface area (Å²) >= 11 is 3.33. The largest absolute Gasteiger partial charge is 0.395 e. The van der Waals surface area contributed by atoms with Crippen LogP contribution >= 0.6 is 15.9 Å². The molecule has 0 radical (unpaired) electrons. The molecule has 0 bridgehead atoms. The van der Waals surface area contributed by atoms with Crippen LogP contribution in [-0.4, -0.2) is 22.7 Å². The highest BCUT2D eigenvalue weighted by Crippen LogP contribution is 2.07. The molecule has 0 spiro atoms. The lowest BCUT2D eigenvalue weighted by Crippen LogP contribution is -2.31. The number of rotatable bonds is 5. The van der Waals surface area contributed by atoms with Gasteiger partial charge >= 0.3 is 0 Å². The Hall–Kier alpha value is -0.450. The third-order valence-electron chi connectivity index (χ3n) is 2.07. The highest BCUT2D eigenvalue weighted by atomic mass is 79.9. The second-order valence-electron chi connectivity index (χ2n) is 3.14. The molecule has 0 aliphatic carbocycles. The van der Waals surface area contributed by atoms with Gasteiger partial charge in [-0.1, -0.05) is 6.92 Å². The van der Waals surface area contributed by atoms with E-state index >= 15 is 0 Å². The third kappa shape index (κ3) is 3.74. The number of nitrogens with one attached hydrogen (secondary N) is 1. The van der Waals surface area contributed by atoms with E-state index in [1.165, 1.54) is 0 Å². The first kappa shape index (κ1) is 11.6. The van der Waals surface area contributed by atoms with Crippen molar-refractivity contribution < 1.29 is 5.11 Å². The first-order valence-corrected chi connectivity index (χ1v) is 5.50. The summed E-state index contributed by atoms with van der Waals surface area (Å²) < 4.78 is 0.982. The van der Waals surface area contributed by atoms with Gasteiger partial charge in [-0.2, -0.15) is 0 Å². The molecule has 2 N–H and O–H groups in total. The van der Waals surface area contributed by atoms with Crippen molar-refractivity contribution in [2.75, 3.05) is 6.61 Å². The second kappa shape index (κ2) is 6.11. The lowest BCUT2D eigenvalue weighted by molar-refractivity contribution is 0.238. The quantitative estimate of drug-likeness (QED) is 0.846. The second-order valence-corrected chi connectivity index (χ2v) is 4.05. The van der Waals surface area contributed by atoms with Gasteiger partial charge in [-0.3, -0.25) is 4.98 Å². The predicted molar refractivity (Wildman–Crippen MR) is 59.9 cm³/mol. The Morgan fingerprint density at radius 3 is 2.86 bits per heavy atom. The van der Waals surface area contributed by atoms with E-state index in [2.05, 4.69) is 26.2 Å². The summed E-state index contributed by atoms with van der Waals surface area (Å²) in [4.78, 5) is 4.23. The maximum Gasteiger partial charge on any atom is 0.0584 e. The number of pyridine rings is 1. The van der Waals surface area contributed by atoms with Crippen molar-refractivity contribution in [3.63, 3.8) is 0 Å². The van der Waals surface area contributed by atoms with E-state index in [0.717, 1.165) is 16.6 Å². The zero-order chi connectivity index (χ0) is 10.4. The molecule has 0 aliphatic rings. The van der Waals surface area contributed by atoms with Crippen LogP contribution in [0.1, 0.15) is 19.0 Å². The minimum Gasteiger partial charge on any atom is -0.395 e. The minimum absolute atomic E-state index is 0.167. The zero-order valence-electron chi connectivity index (χ0n) is 8.20. The summed E-state index contributed by atoms with van der Waals surface area (Å²) in [7, 11) is 0. The maximum atomic E-state index is 8.96. The molecule has 0 amide bonds. The molecule has 1 aromatic heterocycles. The summed E-state index contributed by atoms with van der Waals surface area (Å²) in [6, 6.07) is 4.09. The van der Waals surface area contributed by atoms with Crippen molar-refractivity contribution in [3.05, 3.63) is 28.5 Å². The number of aromatic nitrogens is 1. The molecule has 0 fully saturated rings. The smallest absolute Gasteiger partial charge is 0.0584 e. The van der Waals surface area contributed by atoms with Crippen LogP contribution in [0.15, 0.2) is 22.8 Å². The molecule has 0 aromatic carbocycles. The van der Waals surface area contributed by atoms with E-state index in [4.69, 9.17) is 5.11 Å². The van der Waals surface area contributed by atoms with Crippen molar-refractivity contribution in [2.45, 2.75) is 25.9 Å². The Balaban J connectivity index is 2.41. The molecule has 78 valence electrons. The highest BCUT2D eigenvalue weighted by Gasteiger charge is 2.03. The summed E-state index contributed by atoms with van der Waals surface area (Å²) in [5.41, 5.74) is 0.986. The summed E-state index contributed by atoms with van der Waals surface area (Å²) in [6.07, 6.45) is 2.70. The lowest BCUT2D eigenvalue weighted by atomic mass is 10.2. The van der Waals surface area contributed by atoms with E-state index in [1.54, 1.807) is 6.20 Å². The van der Waals surface area contributed by atoms with E-state index in [0.29, 0.717) is 6.54 Å². The van der Waals surface area contributed by atoms with E-state index in [-0.39, 0.29) is 12.6 Å². The molecule has 1 heterocycles. The number of aliphatic hydroxyl groups excluding tert-OH is 1. The van der Waals surface area contributed by atoms with Gasteiger partial charge in [0, 0.05) is 23.3 Å². The van der Waals surface area contributed by atoms with Gasteiger partial charge in [-0.25, -0.2) is 0 Å². The molecule has 1 unspecified atom stereocenters. The molecule has 1 rings (SSSR count). The van der Waals surface area contributed by atoms with Crippen molar-refractivity contribution >= 4 is 15.9 Å². The lowest BCUT2D eigenvalue weighted by Gasteiger charge is -2.13. The van der Waals surface area contributed by atoms with Crippen LogP contribution in [0.4, 0.5) is 0 Å². The van der Waals surface area contributed by atoms with Gasteiger partial charge in [0.2, 0.25) is 0 Å². The fourth-order valence-corrected chi connectivity index (χ4v) is 1.33. The molecular formula is C10H15BrN2O. The van der Waals surface area contributed by atoms with Crippen LogP contribution in [0.2, 0.25) is 0 Å². The van der Waals surface area contributed by atoms with Crippen molar-refractivity contribution in [2.24, 2.45) is 0 Å². The average molecular weight is 259 g/mol. The fourth-order valence-electron chi connectivity index (χ4n) is 1.10. The normalized spacial score (nSPS) is 12.8. The average Bonchev–Trinajstić information content (AvgIpc) is 2.22. The fraction of sp³-hybridized carbons (Fsp3) is 0.500.